The van der Waals surface area contributed by atoms with Crippen molar-refractivity contribution in [1.29, 1.82) is 0 Å². The number of para-hydroxylation sites is 1. The minimum absolute atomic E-state index is 0. The van der Waals surface area contributed by atoms with Crippen molar-refractivity contribution in [2.45, 2.75) is 6.92 Å². The van der Waals surface area contributed by atoms with E-state index in [2.05, 4.69) is 36.4 Å². The van der Waals surface area contributed by atoms with Gasteiger partial charge in [-0.05, 0) is 6.07 Å². The van der Waals surface area contributed by atoms with Gasteiger partial charge in [0, 0.05) is 23.5 Å². The number of aromatic nitrogens is 1. The smallest absolute Gasteiger partial charge is 0.239 e. The maximum Gasteiger partial charge on any atom is 0.239 e. The summed E-state index contributed by atoms with van der Waals surface area (Å²) in [4.78, 5) is 4.46. The summed E-state index contributed by atoms with van der Waals surface area (Å²) in [7, 11) is 0.257. The van der Waals surface area contributed by atoms with Gasteiger partial charge in [0.1, 0.15) is 11.8 Å². The van der Waals surface area contributed by atoms with Crippen molar-refractivity contribution in [3.05, 3.63) is 29.3 Å². The number of aryl methyl sites for hydroxylation is 2. The van der Waals surface area contributed by atoms with Gasteiger partial charge in [0.2, 0.25) is 5.01 Å². The third kappa shape index (κ3) is 1.47. The summed E-state index contributed by atoms with van der Waals surface area (Å²) in [6.07, 6.45) is 2.23. The van der Waals surface area contributed by atoms with Gasteiger partial charge in [-0.2, -0.15) is 4.98 Å². The molecule has 0 saturated heterocycles. The second kappa shape index (κ2) is 3.70. The van der Waals surface area contributed by atoms with Crippen molar-refractivity contribution in [2.75, 3.05) is 0 Å². The van der Waals surface area contributed by atoms with E-state index >= 15 is 0 Å². The summed E-state index contributed by atoms with van der Waals surface area (Å²) in [5.41, 5.74) is 1.16. The highest BCUT2D eigenvalue weighted by atomic mass is 127. The van der Waals surface area contributed by atoms with Crippen molar-refractivity contribution in [1.82, 2.24) is 4.98 Å². The predicted molar refractivity (Wildman–Crippen MR) is 49.9 cm³/mol. The summed E-state index contributed by atoms with van der Waals surface area (Å²) in [6, 6.07) is 8.36. The molecule has 0 spiro atoms. The van der Waals surface area contributed by atoms with Gasteiger partial charge in [-0.15, -0.1) is 0 Å². The van der Waals surface area contributed by atoms with Crippen LogP contribution in [0.25, 0.3) is 10.2 Å². The topological polar surface area (TPSA) is 12.9 Å². The van der Waals surface area contributed by atoms with Crippen LogP contribution < -0.4 is 24.0 Å². The molecule has 0 radical (unpaired) electrons. The molecule has 0 N–H and O–H groups in total. The molecule has 1 aromatic heterocycles. The molecule has 1 aromatic carbocycles. The van der Waals surface area contributed by atoms with Crippen LogP contribution in [0.4, 0.5) is 0 Å². The second-order valence-corrected chi connectivity index (χ2v) is 4.66. The van der Waals surface area contributed by atoms with E-state index in [1.165, 1.54) is 9.71 Å². The molecule has 3 heteroatoms. The van der Waals surface area contributed by atoms with E-state index < -0.39 is 0 Å². The van der Waals surface area contributed by atoms with Crippen LogP contribution in [0.2, 0.25) is 0 Å². The second-order valence-electron chi connectivity index (χ2n) is 2.61. The first kappa shape index (κ1) is 9.92. The summed E-state index contributed by atoms with van der Waals surface area (Å²) in [5, 5.41) is 1.26. The number of halogens is 1. The molecule has 0 amide bonds. The molecule has 0 aliphatic heterocycles. The molecule has 0 saturated carbocycles. The average molecular weight is 291 g/mol. The highest BCUT2D eigenvalue weighted by molar-refractivity contribution is 7.35. The number of nitrogens with zero attached hydrogens (tertiary/aromatic N) is 1. The van der Waals surface area contributed by atoms with Gasteiger partial charge in [-0.3, -0.25) is 0 Å². The van der Waals surface area contributed by atoms with Crippen LogP contribution in [0.5, 0.6) is 0 Å². The monoisotopic (exact) mass is 291 g/mol. The Balaban J connectivity index is 0.000000720. The van der Waals surface area contributed by atoms with Gasteiger partial charge in [0.05, 0.1) is 0 Å². The Bertz CT molecular complexity index is 394. The fourth-order valence-electron chi connectivity index (χ4n) is 1.21. The standard InChI is InChI=1S/C9H10NS.HI/c1-7-10-8-5-3-4-6-9(8)11(7)2;/h3-6H,1-2H3;1H/q+1;/p-1. The van der Waals surface area contributed by atoms with Crippen LogP contribution in [0.15, 0.2) is 24.3 Å². The lowest BCUT2D eigenvalue weighted by Crippen LogP contribution is -3.00. The van der Waals surface area contributed by atoms with E-state index in [4.69, 9.17) is 0 Å². The van der Waals surface area contributed by atoms with Crippen molar-refractivity contribution in [3.63, 3.8) is 0 Å². The number of hydrogen-bond acceptors (Lipinski definition) is 1. The lowest BCUT2D eigenvalue weighted by atomic mass is 10.3. The largest absolute Gasteiger partial charge is 1.00 e. The normalized spacial score (nSPS) is 11.3. The molecule has 1 unspecified atom stereocenters. The summed E-state index contributed by atoms with van der Waals surface area (Å²) in [6.45, 7) is 2.10. The first-order valence-electron chi connectivity index (χ1n) is 3.59. The SMILES string of the molecule is Cc1nc2ccccc2[s+]1C.[I-]. The Morgan fingerprint density at radius 2 is 1.92 bits per heavy atom. The molecule has 0 aliphatic carbocycles. The molecular formula is C9H10INS. The maximum atomic E-state index is 4.46. The van der Waals surface area contributed by atoms with Gasteiger partial charge in [0.25, 0.3) is 0 Å². The van der Waals surface area contributed by atoms with E-state index in [1.807, 2.05) is 6.07 Å². The molecule has 64 valence electrons. The van der Waals surface area contributed by atoms with Crippen LogP contribution >= 0.6 is 10.5 Å². The van der Waals surface area contributed by atoms with E-state index in [0.717, 1.165) is 5.52 Å². The maximum absolute atomic E-state index is 4.46. The highest BCUT2D eigenvalue weighted by Gasteiger charge is 2.12. The Hall–Kier alpha value is -0.160. The average Bonchev–Trinajstić information content (AvgIpc) is 2.30. The van der Waals surface area contributed by atoms with Crippen LogP contribution in [-0.4, -0.2) is 4.98 Å². The quantitative estimate of drug-likeness (QED) is 0.485. The fraction of sp³-hybridized carbons (Fsp3) is 0.222. The van der Waals surface area contributed by atoms with Crippen molar-refractivity contribution < 1.29 is 24.0 Å². The molecule has 1 nitrogen and oxygen atoms in total. The highest BCUT2D eigenvalue weighted by Crippen LogP contribution is 2.29. The number of rotatable bonds is 0. The van der Waals surface area contributed by atoms with Gasteiger partial charge < -0.3 is 24.0 Å². The van der Waals surface area contributed by atoms with E-state index in [-0.39, 0.29) is 34.4 Å². The predicted octanol–water partition coefficient (Wildman–Crippen LogP) is -0.167. The first-order valence-corrected chi connectivity index (χ1v) is 5.22. The van der Waals surface area contributed by atoms with E-state index in [1.54, 1.807) is 0 Å². The molecule has 0 bridgehead atoms. The van der Waals surface area contributed by atoms with Crippen molar-refractivity contribution >= 4 is 20.7 Å². The lowest BCUT2D eigenvalue weighted by Gasteiger charge is -1.79. The Kier molecular flexibility index (Phi) is 3.06. The minimum Gasteiger partial charge on any atom is -1.00 e. The molecule has 0 aliphatic rings. The van der Waals surface area contributed by atoms with Gasteiger partial charge in [0.15, 0.2) is 4.70 Å². The molecule has 2 aromatic rings. The Morgan fingerprint density at radius 1 is 1.25 bits per heavy atom. The molecule has 12 heavy (non-hydrogen) atoms. The van der Waals surface area contributed by atoms with Crippen molar-refractivity contribution in [2.24, 2.45) is 6.26 Å². The summed E-state index contributed by atoms with van der Waals surface area (Å²) >= 11 is 0. The fourth-order valence-corrected chi connectivity index (χ4v) is 2.47. The molecule has 0 fully saturated rings. The molecule has 2 rings (SSSR count). The zero-order chi connectivity index (χ0) is 7.84. The molecule has 1 atom stereocenters. The summed E-state index contributed by atoms with van der Waals surface area (Å²) < 4.78 is 1.39. The number of thiazole rings is 1. The first-order chi connectivity index (χ1) is 5.29. The van der Waals surface area contributed by atoms with Crippen LogP contribution in [0.1, 0.15) is 5.01 Å². The number of hydrogen-bond donors (Lipinski definition) is 0. The van der Waals surface area contributed by atoms with Crippen LogP contribution in [-0.2, 0) is 6.26 Å². The summed E-state index contributed by atoms with van der Waals surface area (Å²) in [5.74, 6) is 0. The minimum atomic E-state index is 0. The van der Waals surface area contributed by atoms with Crippen molar-refractivity contribution in [3.8, 4) is 0 Å². The number of benzene rings is 1. The Morgan fingerprint density at radius 3 is 2.58 bits per heavy atom. The van der Waals surface area contributed by atoms with Crippen LogP contribution in [0.3, 0.4) is 0 Å². The van der Waals surface area contributed by atoms with E-state index in [9.17, 15) is 0 Å². The third-order valence-electron chi connectivity index (χ3n) is 1.92. The van der Waals surface area contributed by atoms with Crippen LogP contribution in [0, 0.1) is 6.92 Å². The third-order valence-corrected chi connectivity index (χ3v) is 3.90. The number of fused-ring (bicyclic) bond motifs is 1. The van der Waals surface area contributed by atoms with Gasteiger partial charge in [-0.1, -0.05) is 12.1 Å². The zero-order valence-corrected chi connectivity index (χ0v) is 10.0. The molecular weight excluding hydrogens is 281 g/mol. The zero-order valence-electron chi connectivity index (χ0n) is 7.04. The van der Waals surface area contributed by atoms with Gasteiger partial charge >= 0.3 is 0 Å². The lowest BCUT2D eigenvalue weighted by molar-refractivity contribution is -0.00000237. The van der Waals surface area contributed by atoms with Gasteiger partial charge in [-0.25, -0.2) is 0 Å². The van der Waals surface area contributed by atoms with E-state index in [0.29, 0.717) is 0 Å². The Labute approximate surface area is 91.8 Å². The molecule has 1 heterocycles.